The van der Waals surface area contributed by atoms with E-state index in [1.54, 1.807) is 6.21 Å². The van der Waals surface area contributed by atoms with Gasteiger partial charge in [0, 0.05) is 5.02 Å². The summed E-state index contributed by atoms with van der Waals surface area (Å²) in [6, 6.07) is 15.4. The van der Waals surface area contributed by atoms with Crippen LogP contribution in [0.4, 0.5) is 5.95 Å². The smallest absolute Gasteiger partial charge is 0.227 e. The van der Waals surface area contributed by atoms with E-state index in [2.05, 4.69) is 26.4 Å². The van der Waals surface area contributed by atoms with E-state index < -0.39 is 0 Å². The molecule has 0 aliphatic carbocycles. The predicted octanol–water partition coefficient (Wildman–Crippen LogP) is 3.00. The molecule has 0 atom stereocenters. The molecule has 1 aromatic heterocycles. The quantitative estimate of drug-likeness (QED) is 0.512. The lowest BCUT2D eigenvalue weighted by molar-refractivity contribution is 0.753. The first-order chi connectivity index (χ1) is 11.3. The van der Waals surface area contributed by atoms with Gasteiger partial charge in [-0.05, 0) is 29.8 Å². The molecule has 114 valence electrons. The fraction of sp³-hybridized carbons (Fsp3) is 0. The number of hydrogen-bond donors (Lipinski definition) is 3. The normalized spacial score (nSPS) is 13.3. The Hall–Kier alpha value is -2.99. The van der Waals surface area contributed by atoms with Gasteiger partial charge in [-0.15, -0.1) is 0 Å². The summed E-state index contributed by atoms with van der Waals surface area (Å²) in [6.07, 6.45) is 3.63. The Balaban J connectivity index is 1.55. The van der Waals surface area contributed by atoms with Crippen LogP contribution in [0.2, 0.25) is 5.02 Å². The van der Waals surface area contributed by atoms with Gasteiger partial charge in [0.15, 0.2) is 5.82 Å². The van der Waals surface area contributed by atoms with E-state index >= 15 is 0 Å². The van der Waals surface area contributed by atoms with Gasteiger partial charge >= 0.3 is 0 Å². The predicted molar refractivity (Wildman–Crippen MR) is 92.9 cm³/mol. The maximum atomic E-state index is 5.86. The number of hydrazone groups is 1. The van der Waals surface area contributed by atoms with Crippen molar-refractivity contribution in [2.45, 2.75) is 0 Å². The van der Waals surface area contributed by atoms with Gasteiger partial charge in [0.25, 0.3) is 0 Å². The highest BCUT2D eigenvalue weighted by Crippen LogP contribution is 2.21. The van der Waals surface area contributed by atoms with Crippen molar-refractivity contribution in [3.05, 3.63) is 64.9 Å². The number of para-hydroxylation sites is 2. The molecule has 7 heteroatoms. The van der Waals surface area contributed by atoms with Crippen LogP contribution in [-0.2, 0) is 0 Å². The Kier molecular flexibility index (Phi) is 3.36. The molecule has 2 aromatic carbocycles. The topological polar surface area (TPSA) is 66.3 Å². The van der Waals surface area contributed by atoms with Gasteiger partial charge in [-0.25, -0.2) is 4.98 Å². The van der Waals surface area contributed by atoms with Gasteiger partial charge in [-0.1, -0.05) is 35.9 Å². The molecule has 23 heavy (non-hydrogen) atoms. The Labute approximate surface area is 137 Å². The highest BCUT2D eigenvalue weighted by Gasteiger charge is 2.13. The zero-order valence-electron chi connectivity index (χ0n) is 12.0. The average molecular weight is 325 g/mol. The highest BCUT2D eigenvalue weighted by atomic mass is 35.5. The maximum Gasteiger partial charge on any atom is 0.227 e. The molecular formula is C16H13ClN6. The van der Waals surface area contributed by atoms with Gasteiger partial charge in [0.05, 0.1) is 23.4 Å². The SMILES string of the molecule is Clc1ccc(/C=N\NC2=Cn3c(nc4ccccc43)NN2)cc1. The van der Waals surface area contributed by atoms with Gasteiger partial charge in [0.1, 0.15) is 0 Å². The first-order valence-corrected chi connectivity index (χ1v) is 7.43. The second kappa shape index (κ2) is 5.66. The summed E-state index contributed by atoms with van der Waals surface area (Å²) >= 11 is 5.86. The summed E-state index contributed by atoms with van der Waals surface area (Å²) in [5.41, 5.74) is 11.9. The molecular weight excluding hydrogens is 312 g/mol. The monoisotopic (exact) mass is 324 g/mol. The fourth-order valence-corrected chi connectivity index (χ4v) is 2.46. The number of nitrogens with zero attached hydrogens (tertiary/aromatic N) is 3. The standard InChI is InChI=1S/C16H13ClN6/c17-12-7-5-11(6-8-12)9-18-20-15-10-23-14-4-2-1-3-13(14)19-16(23)22-21-15/h1-10,20-21H,(H,19,22)/b18-9-. The van der Waals surface area contributed by atoms with Crippen molar-refractivity contribution in [3.63, 3.8) is 0 Å². The largest absolute Gasteiger partial charge is 0.281 e. The summed E-state index contributed by atoms with van der Waals surface area (Å²) in [4.78, 5) is 4.49. The molecule has 0 saturated heterocycles. The lowest BCUT2D eigenvalue weighted by Crippen LogP contribution is -2.32. The number of hydrogen-bond acceptors (Lipinski definition) is 5. The highest BCUT2D eigenvalue weighted by molar-refractivity contribution is 6.30. The van der Waals surface area contributed by atoms with Gasteiger partial charge in [-0.3, -0.25) is 20.8 Å². The lowest BCUT2D eigenvalue weighted by Gasteiger charge is -2.18. The van der Waals surface area contributed by atoms with Crippen LogP contribution >= 0.6 is 11.6 Å². The number of hydrazine groups is 1. The fourth-order valence-electron chi connectivity index (χ4n) is 2.33. The molecule has 0 amide bonds. The van der Waals surface area contributed by atoms with Crippen molar-refractivity contribution in [2.24, 2.45) is 5.10 Å². The first-order valence-electron chi connectivity index (χ1n) is 7.05. The molecule has 6 nitrogen and oxygen atoms in total. The Bertz CT molecular complexity index is 910. The van der Waals surface area contributed by atoms with Crippen molar-refractivity contribution >= 4 is 41.0 Å². The number of halogens is 1. The molecule has 1 aliphatic heterocycles. The minimum atomic E-state index is 0.704. The van der Waals surface area contributed by atoms with Crippen molar-refractivity contribution in [1.82, 2.24) is 20.4 Å². The second-order valence-corrected chi connectivity index (χ2v) is 5.44. The van der Waals surface area contributed by atoms with Crippen LogP contribution in [0.15, 0.2) is 59.5 Å². The number of benzene rings is 2. The third-order valence-electron chi connectivity index (χ3n) is 3.43. The second-order valence-electron chi connectivity index (χ2n) is 5.01. The molecule has 1 aliphatic rings. The van der Waals surface area contributed by atoms with Gasteiger partial charge in [-0.2, -0.15) is 5.10 Å². The Morgan fingerprint density at radius 1 is 1.09 bits per heavy atom. The Morgan fingerprint density at radius 3 is 2.78 bits per heavy atom. The number of rotatable bonds is 3. The van der Waals surface area contributed by atoms with E-state index in [4.69, 9.17) is 11.6 Å². The van der Waals surface area contributed by atoms with Crippen LogP contribution in [0, 0.1) is 0 Å². The van der Waals surface area contributed by atoms with E-state index in [0.29, 0.717) is 10.8 Å². The molecule has 2 heterocycles. The van der Waals surface area contributed by atoms with Crippen molar-refractivity contribution in [2.75, 3.05) is 5.43 Å². The number of fused-ring (bicyclic) bond motifs is 3. The average Bonchev–Trinajstić information content (AvgIpc) is 2.95. The Morgan fingerprint density at radius 2 is 1.91 bits per heavy atom. The van der Waals surface area contributed by atoms with Gasteiger partial charge in [0.2, 0.25) is 5.95 Å². The van der Waals surface area contributed by atoms with Crippen LogP contribution in [0.5, 0.6) is 0 Å². The summed E-state index contributed by atoms with van der Waals surface area (Å²) in [6.45, 7) is 0. The van der Waals surface area contributed by atoms with Crippen molar-refractivity contribution < 1.29 is 0 Å². The zero-order valence-corrected chi connectivity index (χ0v) is 12.7. The van der Waals surface area contributed by atoms with E-state index in [1.165, 1.54) is 0 Å². The summed E-state index contributed by atoms with van der Waals surface area (Å²) in [5, 5.41) is 4.91. The van der Waals surface area contributed by atoms with E-state index in [0.717, 1.165) is 22.5 Å². The molecule has 0 radical (unpaired) electrons. The molecule has 0 spiro atoms. The molecule has 3 N–H and O–H groups in total. The van der Waals surface area contributed by atoms with Crippen molar-refractivity contribution in [1.29, 1.82) is 0 Å². The minimum absolute atomic E-state index is 0.704. The summed E-state index contributed by atoms with van der Waals surface area (Å²) in [7, 11) is 0. The molecule has 3 aromatic rings. The molecule has 0 bridgehead atoms. The lowest BCUT2D eigenvalue weighted by atomic mass is 10.2. The number of imidazole rings is 1. The van der Waals surface area contributed by atoms with Crippen LogP contribution < -0.4 is 16.3 Å². The van der Waals surface area contributed by atoms with Crippen LogP contribution in [0.3, 0.4) is 0 Å². The third-order valence-corrected chi connectivity index (χ3v) is 3.68. The minimum Gasteiger partial charge on any atom is -0.281 e. The van der Waals surface area contributed by atoms with Crippen molar-refractivity contribution in [3.8, 4) is 0 Å². The summed E-state index contributed by atoms with van der Waals surface area (Å²) in [5.74, 6) is 1.45. The van der Waals surface area contributed by atoms with Crippen LogP contribution in [0.25, 0.3) is 17.2 Å². The first kappa shape index (κ1) is 13.7. The van der Waals surface area contributed by atoms with Gasteiger partial charge < -0.3 is 0 Å². The maximum absolute atomic E-state index is 5.86. The summed E-state index contributed by atoms with van der Waals surface area (Å²) < 4.78 is 1.96. The van der Waals surface area contributed by atoms with E-state index in [9.17, 15) is 0 Å². The number of aromatic nitrogens is 2. The number of anilines is 1. The van der Waals surface area contributed by atoms with E-state index in [1.807, 2.05) is 59.3 Å². The molecule has 0 unspecified atom stereocenters. The van der Waals surface area contributed by atoms with Crippen LogP contribution in [-0.4, -0.2) is 15.8 Å². The zero-order chi connectivity index (χ0) is 15.6. The molecule has 4 rings (SSSR count). The number of nitrogens with one attached hydrogen (secondary N) is 3. The third kappa shape index (κ3) is 2.72. The van der Waals surface area contributed by atoms with Crippen LogP contribution in [0.1, 0.15) is 5.56 Å². The van der Waals surface area contributed by atoms with E-state index in [-0.39, 0.29) is 0 Å². The molecule has 0 fully saturated rings. The molecule has 0 saturated carbocycles.